The van der Waals surface area contributed by atoms with E-state index >= 15 is 0 Å². The van der Waals surface area contributed by atoms with Crippen LogP contribution in [-0.4, -0.2) is 31.3 Å². The van der Waals surface area contributed by atoms with Gasteiger partial charge in [-0.1, -0.05) is 45.4 Å². The van der Waals surface area contributed by atoms with Crippen molar-refractivity contribution in [3.63, 3.8) is 0 Å². The molecule has 4 rings (SSSR count). The maximum absolute atomic E-state index is 11.8. The molecule has 1 amide bonds. The maximum Gasteiger partial charge on any atom is 0.252 e. The van der Waals surface area contributed by atoms with Crippen molar-refractivity contribution in [2.24, 2.45) is 22.4 Å². The number of benzene rings is 1. The highest BCUT2D eigenvalue weighted by Crippen LogP contribution is 2.32. The van der Waals surface area contributed by atoms with E-state index in [1.54, 1.807) is 14.0 Å². The van der Waals surface area contributed by atoms with E-state index in [2.05, 4.69) is 17.2 Å². The monoisotopic (exact) mass is 452 g/mol. The van der Waals surface area contributed by atoms with Crippen LogP contribution in [0.3, 0.4) is 0 Å². The summed E-state index contributed by atoms with van der Waals surface area (Å²) in [5, 5.41) is 3.37. The van der Waals surface area contributed by atoms with Gasteiger partial charge >= 0.3 is 0 Å². The number of nitrogens with one attached hydrogen (secondary N) is 1. The topological polar surface area (TPSA) is 103 Å². The molecule has 0 aromatic heterocycles. The lowest BCUT2D eigenvalue weighted by Gasteiger charge is -2.27. The lowest BCUT2D eigenvalue weighted by Crippen LogP contribution is -2.28. The average Bonchev–Trinajstić information content (AvgIpc) is 3.27. The second-order valence-electron chi connectivity index (χ2n) is 9.38. The second-order valence-corrected chi connectivity index (χ2v) is 9.38. The Labute approximate surface area is 198 Å². The van der Waals surface area contributed by atoms with Crippen molar-refractivity contribution in [2.45, 2.75) is 77.7 Å². The fourth-order valence-corrected chi connectivity index (χ4v) is 4.77. The van der Waals surface area contributed by atoms with Crippen LogP contribution in [0, 0.1) is 5.92 Å². The Bertz CT molecular complexity index is 918. The molecule has 33 heavy (non-hydrogen) atoms. The van der Waals surface area contributed by atoms with Crippen LogP contribution in [0.4, 0.5) is 5.69 Å². The molecule has 6 nitrogen and oxygen atoms in total. The molecule has 3 aliphatic rings. The summed E-state index contributed by atoms with van der Waals surface area (Å²) in [5.74, 6) is 1.42. The Morgan fingerprint density at radius 3 is 2.42 bits per heavy atom. The lowest BCUT2D eigenvalue weighted by molar-refractivity contribution is -0.114. The molecule has 1 aromatic carbocycles. The fourth-order valence-electron chi connectivity index (χ4n) is 4.77. The van der Waals surface area contributed by atoms with Gasteiger partial charge in [0, 0.05) is 31.0 Å². The van der Waals surface area contributed by atoms with E-state index in [0.717, 1.165) is 41.3 Å². The van der Waals surface area contributed by atoms with E-state index in [0.29, 0.717) is 24.1 Å². The first-order valence-electron chi connectivity index (χ1n) is 12.4. The Morgan fingerprint density at radius 1 is 1.15 bits per heavy atom. The third-order valence-electron chi connectivity index (χ3n) is 6.76. The predicted octanol–water partition coefficient (Wildman–Crippen LogP) is 5.19. The van der Waals surface area contributed by atoms with Gasteiger partial charge in [0.25, 0.3) is 5.91 Å². The molecule has 2 saturated carbocycles. The van der Waals surface area contributed by atoms with Crippen LogP contribution in [0.2, 0.25) is 0 Å². The van der Waals surface area contributed by atoms with Gasteiger partial charge in [0.05, 0.1) is 17.4 Å². The van der Waals surface area contributed by atoms with Crippen molar-refractivity contribution in [1.29, 1.82) is 0 Å². The van der Waals surface area contributed by atoms with E-state index in [1.807, 2.05) is 24.3 Å². The molecule has 0 saturated heterocycles. The van der Waals surface area contributed by atoms with Gasteiger partial charge in [0.1, 0.15) is 5.75 Å². The smallest absolute Gasteiger partial charge is 0.252 e. The zero-order chi connectivity index (χ0) is 23.8. The summed E-state index contributed by atoms with van der Waals surface area (Å²) in [6.07, 6.45) is 14.8. The summed E-state index contributed by atoms with van der Waals surface area (Å²) in [5.41, 5.74) is 15.4. The van der Waals surface area contributed by atoms with Crippen molar-refractivity contribution in [1.82, 2.24) is 0 Å². The van der Waals surface area contributed by atoms with Gasteiger partial charge in [0.15, 0.2) is 0 Å². The van der Waals surface area contributed by atoms with Crippen molar-refractivity contribution in [3.05, 3.63) is 40.6 Å². The highest BCUT2D eigenvalue weighted by atomic mass is 16.5. The van der Waals surface area contributed by atoms with Gasteiger partial charge in [-0.3, -0.25) is 9.79 Å². The highest BCUT2D eigenvalue weighted by Gasteiger charge is 2.23. The largest absolute Gasteiger partial charge is 0.490 e. The number of fused-ring (bicyclic) bond motifs is 1. The summed E-state index contributed by atoms with van der Waals surface area (Å²) < 4.78 is 5.94. The number of carbonyl (C=O) groups excluding carboxylic acids is 1. The van der Waals surface area contributed by atoms with Crippen LogP contribution in [0.25, 0.3) is 6.08 Å². The van der Waals surface area contributed by atoms with E-state index in [9.17, 15) is 4.79 Å². The van der Waals surface area contributed by atoms with E-state index in [4.69, 9.17) is 16.2 Å². The van der Waals surface area contributed by atoms with Crippen LogP contribution < -0.4 is 21.5 Å². The number of allylic oxidation sites excluding steroid dienone is 1. The number of ether oxygens (including phenoxy) is 1. The Morgan fingerprint density at radius 2 is 1.88 bits per heavy atom. The molecule has 0 unspecified atom stereocenters. The van der Waals surface area contributed by atoms with Crippen molar-refractivity contribution in [2.75, 3.05) is 18.9 Å². The SMILES string of the molecule is CCCC1CCCC1.CN=C(C1=Cc2ccc(OC3CCC3)cc2NC1)/C(C(N)=O)=C(\C)N. The minimum atomic E-state index is -0.573. The van der Waals surface area contributed by atoms with Crippen molar-refractivity contribution >= 4 is 23.4 Å². The van der Waals surface area contributed by atoms with Crippen molar-refractivity contribution < 1.29 is 9.53 Å². The molecule has 1 heterocycles. The Balaban J connectivity index is 0.000000323. The second kappa shape index (κ2) is 11.9. The van der Waals surface area contributed by atoms with Crippen LogP contribution in [0.5, 0.6) is 5.75 Å². The molecule has 0 atom stereocenters. The fraction of sp³-hybridized carbons (Fsp3) is 0.556. The molecule has 6 heteroatoms. The van der Waals surface area contributed by atoms with Crippen LogP contribution in [0.1, 0.15) is 77.2 Å². The van der Waals surface area contributed by atoms with Crippen LogP contribution >= 0.6 is 0 Å². The van der Waals surface area contributed by atoms with E-state index < -0.39 is 5.91 Å². The molecule has 1 aromatic rings. The minimum Gasteiger partial charge on any atom is -0.490 e. The third-order valence-corrected chi connectivity index (χ3v) is 6.76. The van der Waals surface area contributed by atoms with E-state index in [-0.39, 0.29) is 5.57 Å². The molecule has 2 aliphatic carbocycles. The van der Waals surface area contributed by atoms with Gasteiger partial charge in [-0.05, 0) is 61.4 Å². The highest BCUT2D eigenvalue weighted by molar-refractivity contribution is 6.29. The molecule has 5 N–H and O–H groups in total. The van der Waals surface area contributed by atoms with Crippen molar-refractivity contribution in [3.8, 4) is 5.75 Å². The first kappa shape index (κ1) is 24.9. The van der Waals surface area contributed by atoms with Crippen LogP contribution in [0.15, 0.2) is 40.0 Å². The number of hydrogen-bond donors (Lipinski definition) is 3. The normalized spacial score (nSPS) is 19.2. The van der Waals surface area contributed by atoms with Gasteiger partial charge < -0.3 is 21.5 Å². The number of carbonyl (C=O) groups is 1. The molecular formula is C27H40N4O2. The average molecular weight is 453 g/mol. The summed E-state index contributed by atoms with van der Waals surface area (Å²) >= 11 is 0. The zero-order valence-electron chi connectivity index (χ0n) is 20.5. The number of anilines is 1. The van der Waals surface area contributed by atoms with Gasteiger partial charge in [-0.15, -0.1) is 0 Å². The molecule has 1 aliphatic heterocycles. The van der Waals surface area contributed by atoms with Gasteiger partial charge in [-0.25, -0.2) is 0 Å². The predicted molar refractivity (Wildman–Crippen MR) is 137 cm³/mol. The number of rotatable bonds is 7. The lowest BCUT2D eigenvalue weighted by atomic mass is 9.94. The summed E-state index contributed by atoms with van der Waals surface area (Å²) in [6.45, 7) is 4.48. The van der Waals surface area contributed by atoms with E-state index in [1.165, 1.54) is 44.9 Å². The quantitative estimate of drug-likeness (QED) is 0.391. The Hall–Kier alpha value is -2.76. The Kier molecular flexibility index (Phi) is 8.98. The molecular weight excluding hydrogens is 412 g/mol. The number of nitrogens with two attached hydrogens (primary N) is 2. The number of nitrogens with zero attached hydrogens (tertiary/aromatic N) is 1. The first-order chi connectivity index (χ1) is 15.9. The maximum atomic E-state index is 11.8. The molecule has 180 valence electrons. The van der Waals surface area contributed by atoms with Gasteiger partial charge in [0.2, 0.25) is 0 Å². The molecule has 0 bridgehead atoms. The summed E-state index contributed by atoms with van der Waals surface area (Å²) in [7, 11) is 1.63. The zero-order valence-corrected chi connectivity index (χ0v) is 20.5. The summed E-state index contributed by atoms with van der Waals surface area (Å²) in [4.78, 5) is 16.0. The van der Waals surface area contributed by atoms with Gasteiger partial charge in [-0.2, -0.15) is 0 Å². The number of amides is 1. The summed E-state index contributed by atoms with van der Waals surface area (Å²) in [6, 6.07) is 5.99. The first-order valence-corrected chi connectivity index (χ1v) is 12.4. The molecule has 0 radical (unpaired) electrons. The number of aliphatic imine (C=N–C) groups is 1. The number of hydrogen-bond acceptors (Lipinski definition) is 5. The molecule has 0 spiro atoms. The number of primary amides is 1. The standard InChI is InChI=1S/C19H24N4O2.C8H16/c1-11(20)17(19(21)24)18(22-2)13-8-12-6-7-15(9-16(12)23-10-13)25-14-4-3-5-14;1-2-5-8-6-3-4-7-8/h6-9,14,23H,3-5,10,20H2,1-2H3,(H2,21,24);8H,2-7H2,1H3/b17-11-,22-18?;. The third kappa shape index (κ3) is 6.62. The minimum absolute atomic E-state index is 0.268. The molecule has 2 fully saturated rings. The van der Waals surface area contributed by atoms with Crippen LogP contribution in [-0.2, 0) is 4.79 Å².